The summed E-state index contributed by atoms with van der Waals surface area (Å²) in [4.78, 5) is 23.1. The summed E-state index contributed by atoms with van der Waals surface area (Å²) in [5.41, 5.74) is 0. The summed E-state index contributed by atoms with van der Waals surface area (Å²) in [6, 6.07) is 0. The van der Waals surface area contributed by atoms with E-state index in [1.807, 2.05) is 21.1 Å². The van der Waals surface area contributed by atoms with E-state index in [4.69, 9.17) is 18.5 Å². The molecule has 0 amide bonds. The minimum absolute atomic E-state index is 0.0871. The molecule has 0 aliphatic rings. The number of hydrogen-bond donors (Lipinski definition) is 1. The first-order valence-corrected chi connectivity index (χ1v) is 28.9. The van der Waals surface area contributed by atoms with E-state index in [0.717, 1.165) is 44.9 Å². The lowest BCUT2D eigenvalue weighted by molar-refractivity contribution is -0.870. The molecule has 0 aromatic carbocycles. The molecular weight excluding hydrogens is 830 g/mol. The van der Waals surface area contributed by atoms with Gasteiger partial charge in [-0.1, -0.05) is 210 Å². The smallest absolute Gasteiger partial charge is 0.457 e. The van der Waals surface area contributed by atoms with E-state index in [0.29, 0.717) is 24.1 Å². The molecule has 0 bridgehead atoms. The lowest BCUT2D eigenvalue weighted by Gasteiger charge is -2.24. The van der Waals surface area contributed by atoms with E-state index in [1.165, 1.54) is 180 Å². The number of nitrogens with zero attached hydrogens (tertiary/aromatic N) is 1. The van der Waals surface area contributed by atoms with Gasteiger partial charge in [0.1, 0.15) is 19.3 Å². The van der Waals surface area contributed by atoms with Gasteiger partial charge in [-0.15, -0.1) is 0 Å². The maximum Gasteiger partial charge on any atom is 0.472 e. The van der Waals surface area contributed by atoms with Gasteiger partial charge in [0, 0.05) is 13.0 Å². The summed E-state index contributed by atoms with van der Waals surface area (Å²) in [5, 5.41) is 0. The van der Waals surface area contributed by atoms with Crippen LogP contribution in [0.4, 0.5) is 0 Å². The zero-order valence-corrected chi connectivity index (χ0v) is 44.4. The number of phosphoric acid groups is 1. The van der Waals surface area contributed by atoms with Crippen molar-refractivity contribution in [2.75, 3.05) is 54.1 Å². The van der Waals surface area contributed by atoms with Crippen LogP contribution < -0.4 is 0 Å². The Morgan fingerprint density at radius 3 is 1.28 bits per heavy atom. The van der Waals surface area contributed by atoms with Crippen LogP contribution in [0.2, 0.25) is 0 Å². The zero-order chi connectivity index (χ0) is 47.6. The van der Waals surface area contributed by atoms with Crippen molar-refractivity contribution < 1.29 is 37.3 Å². The maximum absolute atomic E-state index is 12.8. The molecule has 2 atom stereocenters. The highest BCUT2D eigenvalue weighted by atomic mass is 31.2. The summed E-state index contributed by atoms with van der Waals surface area (Å²) in [6.45, 7) is 5.61. The molecule has 0 aromatic rings. The predicted octanol–water partition coefficient (Wildman–Crippen LogP) is 17.1. The van der Waals surface area contributed by atoms with Crippen LogP contribution in [-0.2, 0) is 27.9 Å². The Morgan fingerprint density at radius 2 is 0.846 bits per heavy atom. The average Bonchev–Trinajstić information content (AvgIpc) is 3.27. The Hall–Kier alpha value is -1.54. The maximum atomic E-state index is 12.8. The Morgan fingerprint density at radius 1 is 0.477 bits per heavy atom. The van der Waals surface area contributed by atoms with Crippen LogP contribution in [-0.4, -0.2) is 75.6 Å². The van der Waals surface area contributed by atoms with Gasteiger partial charge in [0.15, 0.2) is 0 Å². The molecule has 2 unspecified atom stereocenters. The molecule has 65 heavy (non-hydrogen) atoms. The van der Waals surface area contributed by atoms with Gasteiger partial charge in [-0.05, 0) is 77.0 Å². The molecule has 0 fully saturated rings. The Bertz CT molecular complexity index is 1180. The second-order valence-corrected chi connectivity index (χ2v) is 21.1. The zero-order valence-electron chi connectivity index (χ0n) is 43.5. The number of unbranched alkanes of at least 4 members (excludes halogenated alkanes) is 29. The lowest BCUT2D eigenvalue weighted by atomic mass is 10.0. The third kappa shape index (κ3) is 53.3. The fourth-order valence-electron chi connectivity index (χ4n) is 7.61. The molecule has 0 rings (SSSR count). The van der Waals surface area contributed by atoms with E-state index in [9.17, 15) is 14.3 Å². The summed E-state index contributed by atoms with van der Waals surface area (Å²) in [7, 11) is 1.67. The largest absolute Gasteiger partial charge is 0.472 e. The average molecular weight is 937 g/mol. The molecule has 0 aliphatic carbocycles. The molecule has 0 radical (unpaired) electrons. The Kier molecular flexibility index (Phi) is 47.7. The molecule has 9 heteroatoms. The molecular formula is C56H107NO7P+. The highest BCUT2D eigenvalue weighted by Crippen LogP contribution is 2.43. The molecule has 0 heterocycles. The van der Waals surface area contributed by atoms with Crippen molar-refractivity contribution in [3.63, 3.8) is 0 Å². The van der Waals surface area contributed by atoms with Crippen molar-refractivity contribution in [1.82, 2.24) is 0 Å². The number of carbonyl (C=O) groups excluding carboxylic acids is 1. The highest BCUT2D eigenvalue weighted by Gasteiger charge is 2.26. The molecule has 1 N–H and O–H groups in total. The SMILES string of the molecule is CCCCC/C=C\C/C=C\CCCCCCCCCCCCOCC(COP(=O)(O)OCC[N+](C)(C)C)OC(=O)CCCCCCCCCCCCC/C=C\C/C=C\CCCCCCC. The monoisotopic (exact) mass is 937 g/mol. The second kappa shape index (κ2) is 48.9. The number of quaternary nitrogens is 1. The molecule has 8 nitrogen and oxygen atoms in total. The molecule has 382 valence electrons. The van der Waals surface area contributed by atoms with Crippen LogP contribution in [0, 0.1) is 0 Å². The van der Waals surface area contributed by atoms with E-state index >= 15 is 0 Å². The summed E-state index contributed by atoms with van der Waals surface area (Å²) >= 11 is 0. The third-order valence-corrected chi connectivity index (χ3v) is 12.8. The van der Waals surface area contributed by atoms with Gasteiger partial charge in [0.2, 0.25) is 0 Å². The summed E-state index contributed by atoms with van der Waals surface area (Å²) < 4.78 is 35.2. The fraction of sp³-hybridized carbons (Fsp3) is 0.839. The van der Waals surface area contributed by atoms with Crippen molar-refractivity contribution in [2.45, 2.75) is 251 Å². The summed E-state index contributed by atoms with van der Waals surface area (Å²) in [6.07, 6.45) is 61.6. The fourth-order valence-corrected chi connectivity index (χ4v) is 8.36. The van der Waals surface area contributed by atoms with Gasteiger partial charge in [-0.25, -0.2) is 4.57 Å². The van der Waals surface area contributed by atoms with E-state index in [2.05, 4.69) is 62.5 Å². The number of likely N-dealkylation sites (N-methyl/N-ethyl adjacent to an activating group) is 1. The van der Waals surface area contributed by atoms with Crippen molar-refractivity contribution in [2.24, 2.45) is 0 Å². The van der Waals surface area contributed by atoms with Crippen LogP contribution in [0.1, 0.15) is 245 Å². The normalized spacial score (nSPS) is 13.9. The van der Waals surface area contributed by atoms with E-state index in [1.54, 1.807) is 0 Å². The minimum Gasteiger partial charge on any atom is -0.457 e. The third-order valence-electron chi connectivity index (χ3n) is 11.9. The number of phosphoric ester groups is 1. The van der Waals surface area contributed by atoms with Gasteiger partial charge in [-0.3, -0.25) is 13.8 Å². The first-order valence-electron chi connectivity index (χ1n) is 27.4. The van der Waals surface area contributed by atoms with Crippen LogP contribution in [0.5, 0.6) is 0 Å². The molecule has 0 spiro atoms. The standard InChI is InChI=1S/C56H106NO7P/c1-6-8-10-12-14-16-18-20-22-24-26-28-29-30-31-33-35-37-39-41-43-45-47-49-56(58)64-55(54-63-65(59,60)62-52-50-57(3,4)5)53-61-51-48-46-44-42-40-38-36-34-32-27-25-23-21-19-17-15-13-11-9-7-2/h15,17-18,20-21,23-24,26,55H,6-14,16,19,22,25,27-54H2,1-5H3/p+1/b17-15-,20-18-,23-21-,26-24-. The molecule has 0 saturated heterocycles. The first-order chi connectivity index (χ1) is 31.6. The number of esters is 1. The van der Waals surface area contributed by atoms with Gasteiger partial charge in [-0.2, -0.15) is 0 Å². The van der Waals surface area contributed by atoms with Gasteiger partial charge < -0.3 is 18.9 Å². The van der Waals surface area contributed by atoms with Crippen molar-refractivity contribution >= 4 is 13.8 Å². The Balaban J connectivity index is 4.11. The lowest BCUT2D eigenvalue weighted by Crippen LogP contribution is -2.37. The van der Waals surface area contributed by atoms with Crippen LogP contribution in [0.15, 0.2) is 48.6 Å². The predicted molar refractivity (Wildman–Crippen MR) is 279 cm³/mol. The number of carbonyl (C=O) groups is 1. The molecule has 0 aliphatic heterocycles. The quantitative estimate of drug-likeness (QED) is 0.0214. The summed E-state index contributed by atoms with van der Waals surface area (Å²) in [5.74, 6) is -0.315. The first kappa shape index (κ1) is 63.5. The van der Waals surface area contributed by atoms with Crippen LogP contribution in [0.3, 0.4) is 0 Å². The van der Waals surface area contributed by atoms with E-state index < -0.39 is 13.9 Å². The Labute approximate surface area is 403 Å². The number of rotatable bonds is 51. The van der Waals surface area contributed by atoms with Gasteiger partial charge >= 0.3 is 13.8 Å². The number of hydrogen-bond acceptors (Lipinski definition) is 6. The van der Waals surface area contributed by atoms with Crippen LogP contribution in [0.25, 0.3) is 0 Å². The second-order valence-electron chi connectivity index (χ2n) is 19.6. The number of ether oxygens (including phenoxy) is 2. The van der Waals surface area contributed by atoms with Crippen LogP contribution >= 0.6 is 7.82 Å². The van der Waals surface area contributed by atoms with Crippen molar-refractivity contribution in [3.8, 4) is 0 Å². The number of allylic oxidation sites excluding steroid dienone is 8. The molecule has 0 saturated carbocycles. The van der Waals surface area contributed by atoms with E-state index in [-0.39, 0.29) is 25.8 Å². The van der Waals surface area contributed by atoms with Crippen molar-refractivity contribution in [3.05, 3.63) is 48.6 Å². The van der Waals surface area contributed by atoms with Crippen molar-refractivity contribution in [1.29, 1.82) is 0 Å². The molecule has 0 aromatic heterocycles. The van der Waals surface area contributed by atoms with Gasteiger partial charge in [0.25, 0.3) is 0 Å². The highest BCUT2D eigenvalue weighted by molar-refractivity contribution is 7.47. The topological polar surface area (TPSA) is 91.3 Å². The van der Waals surface area contributed by atoms with Gasteiger partial charge in [0.05, 0.1) is 34.4 Å². The minimum atomic E-state index is -4.28.